The van der Waals surface area contributed by atoms with Crippen LogP contribution in [0.1, 0.15) is 39.3 Å². The monoisotopic (exact) mass is 524 g/mol. The standard InChI is InChI=1S/C27H29FN4O4S/c1-17-4-5-20(30-26(33)18-11-19(28)13-21(12-18)32-6-9-37-10-7-32)14-23(17)24-15-25(36-31-24)27(34)29-16-22-3-2-8-35-22/h4-5,11-15,22H,2-3,6-10,16H2,1H3,(H,29,34)(H,30,33). The first-order chi connectivity index (χ1) is 18.0. The molecule has 3 heterocycles. The number of nitrogens with one attached hydrogen (secondary N) is 2. The molecule has 0 aliphatic carbocycles. The zero-order valence-electron chi connectivity index (χ0n) is 20.6. The van der Waals surface area contributed by atoms with E-state index in [-0.39, 0.29) is 23.3 Å². The van der Waals surface area contributed by atoms with E-state index in [4.69, 9.17) is 9.26 Å². The number of carbonyl (C=O) groups is 2. The van der Waals surface area contributed by atoms with Gasteiger partial charge in [0.25, 0.3) is 11.8 Å². The van der Waals surface area contributed by atoms with Gasteiger partial charge >= 0.3 is 0 Å². The molecule has 194 valence electrons. The van der Waals surface area contributed by atoms with Gasteiger partial charge in [-0.05, 0) is 55.7 Å². The van der Waals surface area contributed by atoms with Gasteiger partial charge in [0.2, 0.25) is 5.76 Å². The quantitative estimate of drug-likeness (QED) is 0.470. The molecule has 1 atom stereocenters. The van der Waals surface area contributed by atoms with Gasteiger partial charge in [0, 0.05) is 66.3 Å². The number of ether oxygens (including phenoxy) is 1. The summed E-state index contributed by atoms with van der Waals surface area (Å²) in [5, 5.41) is 9.74. The fraction of sp³-hybridized carbons (Fsp3) is 0.370. The van der Waals surface area contributed by atoms with E-state index < -0.39 is 11.7 Å². The zero-order valence-corrected chi connectivity index (χ0v) is 21.4. The summed E-state index contributed by atoms with van der Waals surface area (Å²) in [4.78, 5) is 27.6. The summed E-state index contributed by atoms with van der Waals surface area (Å²) >= 11 is 1.87. The fourth-order valence-electron chi connectivity index (χ4n) is 4.50. The van der Waals surface area contributed by atoms with Crippen LogP contribution in [0.2, 0.25) is 0 Å². The van der Waals surface area contributed by atoms with Crippen LogP contribution in [0, 0.1) is 12.7 Å². The molecule has 0 spiro atoms. The van der Waals surface area contributed by atoms with Gasteiger partial charge in [0.1, 0.15) is 11.5 Å². The number of hydrogen-bond donors (Lipinski definition) is 2. The van der Waals surface area contributed by atoms with Gasteiger partial charge in [0.15, 0.2) is 0 Å². The predicted octanol–water partition coefficient (Wildman–Crippen LogP) is 4.50. The average Bonchev–Trinajstić information content (AvgIpc) is 3.61. The van der Waals surface area contributed by atoms with Crippen molar-refractivity contribution >= 4 is 35.0 Å². The summed E-state index contributed by atoms with van der Waals surface area (Å²) in [5.74, 6) is 0.847. The van der Waals surface area contributed by atoms with E-state index in [1.807, 2.05) is 24.8 Å². The van der Waals surface area contributed by atoms with Crippen molar-refractivity contribution in [3.63, 3.8) is 0 Å². The van der Waals surface area contributed by atoms with Crippen LogP contribution in [0.4, 0.5) is 15.8 Å². The van der Waals surface area contributed by atoms with Crippen LogP contribution in [-0.2, 0) is 4.74 Å². The maximum atomic E-state index is 14.4. The SMILES string of the molecule is Cc1ccc(NC(=O)c2cc(F)cc(N3CCSCC3)c2)cc1-c1cc(C(=O)NCC2CCCO2)on1. The summed E-state index contributed by atoms with van der Waals surface area (Å²) in [6.07, 6.45) is 1.95. The summed E-state index contributed by atoms with van der Waals surface area (Å²) in [6.45, 7) is 4.69. The van der Waals surface area contributed by atoms with Crippen LogP contribution < -0.4 is 15.5 Å². The van der Waals surface area contributed by atoms with Crippen LogP contribution in [0.5, 0.6) is 0 Å². The van der Waals surface area contributed by atoms with Gasteiger partial charge in [0.05, 0.1) is 6.10 Å². The van der Waals surface area contributed by atoms with E-state index in [0.717, 1.165) is 49.6 Å². The number of amides is 2. The topological polar surface area (TPSA) is 96.7 Å². The highest BCUT2D eigenvalue weighted by Gasteiger charge is 2.20. The van der Waals surface area contributed by atoms with Crippen LogP contribution in [0.25, 0.3) is 11.3 Å². The molecular weight excluding hydrogens is 495 g/mol. The van der Waals surface area contributed by atoms with Crippen LogP contribution in [0.15, 0.2) is 47.0 Å². The summed E-state index contributed by atoms with van der Waals surface area (Å²) in [5.41, 5.74) is 3.58. The van der Waals surface area contributed by atoms with Crippen LogP contribution in [0.3, 0.4) is 0 Å². The third kappa shape index (κ3) is 6.14. The average molecular weight is 525 g/mol. The predicted molar refractivity (Wildman–Crippen MR) is 142 cm³/mol. The van der Waals surface area contributed by atoms with Crippen molar-refractivity contribution in [1.29, 1.82) is 0 Å². The number of halogens is 1. The number of hydrogen-bond acceptors (Lipinski definition) is 7. The largest absolute Gasteiger partial charge is 0.376 e. The van der Waals surface area contributed by atoms with Crippen molar-refractivity contribution in [2.45, 2.75) is 25.9 Å². The third-order valence-corrected chi connectivity index (χ3v) is 7.48. The molecule has 5 rings (SSSR count). The Bertz CT molecular complexity index is 1290. The van der Waals surface area contributed by atoms with Gasteiger partial charge in [-0.25, -0.2) is 4.39 Å². The minimum Gasteiger partial charge on any atom is -0.376 e. The fourth-order valence-corrected chi connectivity index (χ4v) is 5.40. The van der Waals surface area contributed by atoms with E-state index in [0.29, 0.717) is 29.2 Å². The lowest BCUT2D eigenvalue weighted by Crippen LogP contribution is -2.32. The molecule has 2 aliphatic rings. The Morgan fingerprint density at radius 2 is 1.97 bits per heavy atom. The van der Waals surface area contributed by atoms with Gasteiger partial charge in [-0.1, -0.05) is 11.2 Å². The minimum atomic E-state index is -0.446. The molecule has 37 heavy (non-hydrogen) atoms. The van der Waals surface area contributed by atoms with Crippen molar-refractivity contribution < 1.29 is 23.2 Å². The van der Waals surface area contributed by atoms with Crippen LogP contribution in [-0.4, -0.2) is 60.8 Å². The lowest BCUT2D eigenvalue weighted by Gasteiger charge is -2.28. The number of anilines is 2. The van der Waals surface area contributed by atoms with Crippen LogP contribution >= 0.6 is 11.8 Å². The van der Waals surface area contributed by atoms with E-state index in [1.165, 1.54) is 12.1 Å². The van der Waals surface area contributed by atoms with E-state index in [2.05, 4.69) is 20.7 Å². The van der Waals surface area contributed by atoms with Gasteiger partial charge in [-0.2, -0.15) is 11.8 Å². The molecule has 2 amide bonds. The molecule has 2 aliphatic heterocycles. The maximum Gasteiger partial charge on any atom is 0.290 e. The van der Waals surface area contributed by atoms with Gasteiger partial charge < -0.3 is 24.8 Å². The molecule has 1 aromatic heterocycles. The molecule has 10 heteroatoms. The number of thioether (sulfide) groups is 1. The number of aromatic nitrogens is 1. The Morgan fingerprint density at radius 3 is 2.76 bits per heavy atom. The number of carbonyl (C=O) groups excluding carboxylic acids is 2. The summed E-state index contributed by atoms with van der Waals surface area (Å²) < 4.78 is 25.2. The Hall–Kier alpha value is -3.37. The molecule has 2 saturated heterocycles. The normalized spacial score (nSPS) is 17.6. The first-order valence-corrected chi connectivity index (χ1v) is 13.5. The molecule has 2 aromatic carbocycles. The second-order valence-electron chi connectivity index (χ2n) is 9.20. The molecule has 8 nitrogen and oxygen atoms in total. The molecule has 2 N–H and O–H groups in total. The van der Waals surface area contributed by atoms with E-state index in [1.54, 1.807) is 24.3 Å². The van der Waals surface area contributed by atoms with Gasteiger partial charge in [-0.3, -0.25) is 9.59 Å². The van der Waals surface area contributed by atoms with Crippen molar-refractivity contribution in [3.05, 3.63) is 65.2 Å². The van der Waals surface area contributed by atoms with E-state index >= 15 is 0 Å². The number of nitrogens with zero attached hydrogens (tertiary/aromatic N) is 2. The third-order valence-electron chi connectivity index (χ3n) is 6.54. The number of benzene rings is 2. The molecule has 0 radical (unpaired) electrons. The Morgan fingerprint density at radius 1 is 1.14 bits per heavy atom. The molecule has 2 fully saturated rings. The molecule has 0 saturated carbocycles. The van der Waals surface area contributed by atoms with Gasteiger partial charge in [-0.15, -0.1) is 0 Å². The second kappa shape index (κ2) is 11.4. The first-order valence-electron chi connectivity index (χ1n) is 12.4. The Balaban J connectivity index is 1.29. The van der Waals surface area contributed by atoms with Crippen molar-refractivity contribution in [3.8, 4) is 11.3 Å². The molecule has 0 bridgehead atoms. The number of rotatable bonds is 7. The summed E-state index contributed by atoms with van der Waals surface area (Å²) in [7, 11) is 0. The Kier molecular flexibility index (Phi) is 7.76. The highest BCUT2D eigenvalue weighted by molar-refractivity contribution is 7.99. The van der Waals surface area contributed by atoms with Crippen molar-refractivity contribution in [2.24, 2.45) is 0 Å². The molecule has 3 aromatic rings. The first kappa shape index (κ1) is 25.3. The summed E-state index contributed by atoms with van der Waals surface area (Å²) in [6, 6.07) is 11.4. The van der Waals surface area contributed by atoms with Crippen molar-refractivity contribution in [1.82, 2.24) is 10.5 Å². The Labute approximate surface area is 218 Å². The zero-order chi connectivity index (χ0) is 25.8. The van der Waals surface area contributed by atoms with E-state index in [9.17, 15) is 14.0 Å². The number of aryl methyl sites for hydroxylation is 1. The highest BCUT2D eigenvalue weighted by atomic mass is 32.2. The second-order valence-corrected chi connectivity index (χ2v) is 10.4. The minimum absolute atomic E-state index is 0.0295. The molecular formula is C27H29FN4O4S. The maximum absolute atomic E-state index is 14.4. The lowest BCUT2D eigenvalue weighted by molar-refractivity contribution is 0.0827. The highest BCUT2D eigenvalue weighted by Crippen LogP contribution is 2.28. The van der Waals surface area contributed by atoms with Crippen molar-refractivity contribution in [2.75, 3.05) is 48.0 Å². The smallest absolute Gasteiger partial charge is 0.290 e. The lowest BCUT2D eigenvalue weighted by atomic mass is 10.0. The molecule has 1 unspecified atom stereocenters.